The van der Waals surface area contributed by atoms with Gasteiger partial charge in [0.1, 0.15) is 5.82 Å². The van der Waals surface area contributed by atoms with Gasteiger partial charge < -0.3 is 4.90 Å². The average molecular weight is 390 g/mol. The van der Waals surface area contributed by atoms with Crippen LogP contribution >= 0.6 is 15.9 Å². The van der Waals surface area contributed by atoms with Gasteiger partial charge in [0.05, 0.1) is 5.52 Å². The third-order valence-electron chi connectivity index (χ3n) is 4.31. The number of rotatable bonds is 2. The van der Waals surface area contributed by atoms with Crippen LogP contribution in [0.25, 0.3) is 10.9 Å². The molecule has 0 radical (unpaired) electrons. The molecule has 0 unspecified atom stereocenters. The molecule has 2 heterocycles. The molecular weight excluding hydrogens is 376 g/mol. The Morgan fingerprint density at radius 3 is 2.71 bits per heavy atom. The van der Waals surface area contributed by atoms with Crippen molar-refractivity contribution >= 4 is 32.7 Å². The molecule has 0 spiro atoms. The molecule has 0 amide bonds. The standard InChI is InChI=1S/C18H14BrF2N3/c19-14-6-3-4-11-8-9-24(10-13(11)14)18-12-5-1-2-7-15(12)22-17(23-18)16(20)21/h1-7,16H,8-10H2. The summed E-state index contributed by atoms with van der Waals surface area (Å²) in [5.74, 6) is 0.166. The highest BCUT2D eigenvalue weighted by Gasteiger charge is 2.23. The lowest BCUT2D eigenvalue weighted by Gasteiger charge is -2.31. The van der Waals surface area contributed by atoms with Crippen molar-refractivity contribution in [1.82, 2.24) is 9.97 Å². The van der Waals surface area contributed by atoms with Gasteiger partial charge in [-0.1, -0.05) is 40.2 Å². The fourth-order valence-electron chi connectivity index (χ4n) is 3.14. The van der Waals surface area contributed by atoms with Gasteiger partial charge in [0.2, 0.25) is 0 Å². The number of aromatic nitrogens is 2. The SMILES string of the molecule is FC(F)c1nc(N2CCc3cccc(Br)c3C2)c2ccccc2n1. The molecule has 1 aliphatic rings. The summed E-state index contributed by atoms with van der Waals surface area (Å²) in [6, 6.07) is 13.5. The number of nitrogens with zero attached hydrogens (tertiary/aromatic N) is 3. The van der Waals surface area contributed by atoms with Crippen molar-refractivity contribution in [2.24, 2.45) is 0 Å². The maximum atomic E-state index is 13.2. The van der Waals surface area contributed by atoms with Crippen LogP contribution in [0.15, 0.2) is 46.9 Å². The predicted octanol–water partition coefficient (Wildman–Crippen LogP) is 4.89. The third kappa shape index (κ3) is 2.65. The van der Waals surface area contributed by atoms with E-state index in [0.29, 0.717) is 17.9 Å². The van der Waals surface area contributed by atoms with E-state index in [4.69, 9.17) is 0 Å². The molecule has 0 saturated carbocycles. The third-order valence-corrected chi connectivity index (χ3v) is 5.05. The van der Waals surface area contributed by atoms with Crippen LogP contribution in [0.2, 0.25) is 0 Å². The van der Waals surface area contributed by atoms with Gasteiger partial charge in [0.15, 0.2) is 5.82 Å². The largest absolute Gasteiger partial charge is 0.351 e. The Bertz CT molecular complexity index is 914. The van der Waals surface area contributed by atoms with Crippen LogP contribution in [-0.2, 0) is 13.0 Å². The summed E-state index contributed by atoms with van der Waals surface area (Å²) in [7, 11) is 0. The molecule has 0 bridgehead atoms. The smallest absolute Gasteiger partial charge is 0.297 e. The number of halogens is 3. The molecule has 0 fully saturated rings. The van der Waals surface area contributed by atoms with Gasteiger partial charge in [-0.15, -0.1) is 0 Å². The van der Waals surface area contributed by atoms with Crippen molar-refractivity contribution in [3.63, 3.8) is 0 Å². The van der Waals surface area contributed by atoms with Crippen molar-refractivity contribution in [1.29, 1.82) is 0 Å². The van der Waals surface area contributed by atoms with E-state index < -0.39 is 12.2 Å². The first-order valence-corrected chi connectivity index (χ1v) is 8.49. The van der Waals surface area contributed by atoms with Crippen LogP contribution in [0.4, 0.5) is 14.6 Å². The molecule has 0 saturated heterocycles. The second-order valence-corrected chi connectivity index (χ2v) is 6.63. The van der Waals surface area contributed by atoms with Crippen LogP contribution in [0.1, 0.15) is 23.4 Å². The number of hydrogen-bond acceptors (Lipinski definition) is 3. The molecule has 122 valence electrons. The first kappa shape index (κ1) is 15.4. The summed E-state index contributed by atoms with van der Waals surface area (Å²) in [6.07, 6.45) is -1.82. The Kier molecular flexibility index (Phi) is 3.92. The van der Waals surface area contributed by atoms with Gasteiger partial charge in [0, 0.05) is 22.9 Å². The molecule has 2 aromatic carbocycles. The Hall–Kier alpha value is -2.08. The monoisotopic (exact) mass is 389 g/mol. The molecule has 0 atom stereocenters. The molecule has 0 N–H and O–H groups in total. The zero-order valence-corrected chi connectivity index (χ0v) is 14.3. The minimum Gasteiger partial charge on any atom is -0.351 e. The van der Waals surface area contributed by atoms with Crippen LogP contribution < -0.4 is 4.90 Å². The normalized spacial score (nSPS) is 14.2. The summed E-state index contributed by atoms with van der Waals surface area (Å²) in [5.41, 5.74) is 3.02. The summed E-state index contributed by atoms with van der Waals surface area (Å²) in [4.78, 5) is 10.2. The molecule has 1 aliphatic heterocycles. The number of para-hydroxylation sites is 1. The summed E-state index contributed by atoms with van der Waals surface area (Å²) < 4.78 is 27.4. The molecule has 0 aliphatic carbocycles. The Morgan fingerprint density at radius 1 is 1.04 bits per heavy atom. The first-order chi connectivity index (χ1) is 11.6. The number of fused-ring (bicyclic) bond motifs is 2. The van der Waals surface area contributed by atoms with Gasteiger partial charge in [-0.2, -0.15) is 0 Å². The number of alkyl halides is 2. The van der Waals surface area contributed by atoms with Crippen molar-refractivity contribution in [2.45, 2.75) is 19.4 Å². The van der Waals surface area contributed by atoms with E-state index in [-0.39, 0.29) is 0 Å². The molecule has 4 rings (SSSR count). The minimum absolute atomic E-state index is 0.415. The molecule has 3 nitrogen and oxygen atoms in total. The van der Waals surface area contributed by atoms with E-state index in [1.54, 1.807) is 12.1 Å². The Morgan fingerprint density at radius 2 is 1.88 bits per heavy atom. The van der Waals surface area contributed by atoms with Gasteiger partial charge in [-0.25, -0.2) is 18.7 Å². The van der Waals surface area contributed by atoms with Crippen molar-refractivity contribution < 1.29 is 8.78 Å². The lowest BCUT2D eigenvalue weighted by atomic mass is 9.99. The van der Waals surface area contributed by atoms with Crippen molar-refractivity contribution in [3.8, 4) is 0 Å². The molecule has 24 heavy (non-hydrogen) atoms. The Balaban J connectivity index is 1.83. The predicted molar refractivity (Wildman–Crippen MR) is 93.4 cm³/mol. The van der Waals surface area contributed by atoms with E-state index in [2.05, 4.69) is 36.9 Å². The van der Waals surface area contributed by atoms with E-state index in [0.717, 1.165) is 22.8 Å². The molecular formula is C18H14BrF2N3. The lowest BCUT2D eigenvalue weighted by Crippen LogP contribution is -2.31. The summed E-state index contributed by atoms with van der Waals surface area (Å²) in [6.45, 7) is 1.38. The quantitative estimate of drug-likeness (QED) is 0.624. The first-order valence-electron chi connectivity index (χ1n) is 7.69. The van der Waals surface area contributed by atoms with E-state index in [9.17, 15) is 8.78 Å². The highest BCUT2D eigenvalue weighted by Crippen LogP contribution is 2.33. The second kappa shape index (κ2) is 6.09. The Labute approximate surface area is 146 Å². The van der Waals surface area contributed by atoms with Crippen LogP contribution in [-0.4, -0.2) is 16.5 Å². The van der Waals surface area contributed by atoms with Crippen LogP contribution in [0, 0.1) is 0 Å². The highest BCUT2D eigenvalue weighted by molar-refractivity contribution is 9.10. The average Bonchev–Trinajstić information content (AvgIpc) is 2.61. The summed E-state index contributed by atoms with van der Waals surface area (Å²) >= 11 is 3.59. The van der Waals surface area contributed by atoms with E-state index >= 15 is 0 Å². The number of benzene rings is 2. The van der Waals surface area contributed by atoms with Gasteiger partial charge in [-0.3, -0.25) is 0 Å². The van der Waals surface area contributed by atoms with Gasteiger partial charge >= 0.3 is 0 Å². The topological polar surface area (TPSA) is 29.0 Å². The van der Waals surface area contributed by atoms with Crippen molar-refractivity contribution in [3.05, 3.63) is 63.9 Å². The van der Waals surface area contributed by atoms with Gasteiger partial charge in [0.25, 0.3) is 6.43 Å². The number of hydrogen-bond donors (Lipinski definition) is 0. The molecule has 6 heteroatoms. The number of anilines is 1. The molecule has 3 aromatic rings. The second-order valence-electron chi connectivity index (χ2n) is 5.77. The fourth-order valence-corrected chi connectivity index (χ4v) is 3.67. The van der Waals surface area contributed by atoms with E-state index in [1.807, 2.05) is 24.3 Å². The minimum atomic E-state index is -2.68. The summed E-state index contributed by atoms with van der Waals surface area (Å²) in [5, 5.41) is 0.803. The zero-order chi connectivity index (χ0) is 16.7. The maximum Gasteiger partial charge on any atom is 0.297 e. The van der Waals surface area contributed by atoms with Gasteiger partial charge in [-0.05, 0) is 35.7 Å². The highest BCUT2D eigenvalue weighted by atomic mass is 79.9. The molecule has 1 aromatic heterocycles. The lowest BCUT2D eigenvalue weighted by molar-refractivity contribution is 0.141. The zero-order valence-electron chi connectivity index (χ0n) is 12.7. The van der Waals surface area contributed by atoms with Crippen LogP contribution in [0.3, 0.4) is 0 Å². The maximum absolute atomic E-state index is 13.2. The fraction of sp³-hybridized carbons (Fsp3) is 0.222. The van der Waals surface area contributed by atoms with E-state index in [1.165, 1.54) is 11.1 Å². The van der Waals surface area contributed by atoms with Crippen LogP contribution in [0.5, 0.6) is 0 Å². The van der Waals surface area contributed by atoms with Crippen molar-refractivity contribution in [2.75, 3.05) is 11.4 Å².